The van der Waals surface area contributed by atoms with Gasteiger partial charge in [-0.25, -0.2) is 0 Å². The Morgan fingerprint density at radius 1 is 1.56 bits per heavy atom. The lowest BCUT2D eigenvalue weighted by molar-refractivity contribution is 0.00255. The Kier molecular flexibility index (Phi) is 3.66. The molecular weight excluding hydrogens is 230 g/mol. The number of nitrogens with one attached hydrogen (secondary N) is 1. The number of hydrogen-bond acceptors (Lipinski definition) is 5. The van der Waals surface area contributed by atoms with Crippen molar-refractivity contribution < 1.29 is 9.15 Å². The normalized spacial score (nSPS) is 26.2. The van der Waals surface area contributed by atoms with Crippen LogP contribution in [-0.2, 0) is 4.74 Å². The second-order valence-corrected chi connectivity index (χ2v) is 4.61. The highest BCUT2D eigenvalue weighted by atomic mass is 35.5. The number of nitrogens with zero attached hydrogens (tertiary/aromatic N) is 2. The van der Waals surface area contributed by atoms with E-state index in [2.05, 4.69) is 15.5 Å². The Morgan fingerprint density at radius 3 is 2.88 bits per heavy atom. The Morgan fingerprint density at radius 2 is 2.31 bits per heavy atom. The molecule has 0 radical (unpaired) electrons. The third kappa shape index (κ3) is 2.65. The minimum Gasteiger partial charge on any atom is -0.406 e. The fraction of sp³-hybridized carbons (Fsp3) is 0.800. The average Bonchev–Trinajstić information content (AvgIpc) is 2.63. The maximum absolute atomic E-state index is 5.82. The molecule has 1 aromatic rings. The monoisotopic (exact) mass is 245 g/mol. The molecule has 1 unspecified atom stereocenters. The highest BCUT2D eigenvalue weighted by Crippen LogP contribution is 2.27. The van der Waals surface area contributed by atoms with Crippen LogP contribution in [0.25, 0.3) is 0 Å². The predicted molar refractivity (Wildman–Crippen MR) is 60.6 cm³/mol. The van der Waals surface area contributed by atoms with Crippen molar-refractivity contribution >= 4 is 17.6 Å². The molecule has 1 heterocycles. The molecule has 0 bridgehead atoms. The smallest absolute Gasteiger partial charge is 0.315 e. The number of rotatable bonds is 5. The molecule has 6 heteroatoms. The zero-order chi connectivity index (χ0) is 11.5. The first-order chi connectivity index (χ1) is 7.69. The highest BCUT2D eigenvalue weighted by molar-refractivity contribution is 6.20. The molecular formula is C10H16ClN3O2. The number of ether oxygens (including phenoxy) is 1. The van der Waals surface area contributed by atoms with Gasteiger partial charge in [-0.1, -0.05) is 5.10 Å². The van der Waals surface area contributed by atoms with E-state index in [1.54, 1.807) is 6.92 Å². The quantitative estimate of drug-likeness (QED) is 0.807. The molecule has 5 nitrogen and oxygen atoms in total. The molecule has 1 aliphatic rings. The van der Waals surface area contributed by atoms with Crippen molar-refractivity contribution in [2.45, 2.75) is 44.2 Å². The first kappa shape index (κ1) is 11.7. The number of halogens is 1. The second-order valence-electron chi connectivity index (χ2n) is 3.95. The van der Waals surface area contributed by atoms with E-state index in [1.807, 2.05) is 6.92 Å². The van der Waals surface area contributed by atoms with Gasteiger partial charge >= 0.3 is 6.01 Å². The van der Waals surface area contributed by atoms with Crippen LogP contribution in [-0.4, -0.2) is 29.0 Å². The summed E-state index contributed by atoms with van der Waals surface area (Å²) in [5.41, 5.74) is 0. The summed E-state index contributed by atoms with van der Waals surface area (Å²) in [4.78, 5) is 0. The van der Waals surface area contributed by atoms with E-state index < -0.39 is 0 Å². The molecule has 2 rings (SSSR count). The SMILES string of the molecule is CCOC1CC(Nc2nnc(C(C)Cl)o2)C1. The van der Waals surface area contributed by atoms with Crippen LogP contribution in [0.1, 0.15) is 38.0 Å². The maximum atomic E-state index is 5.82. The van der Waals surface area contributed by atoms with E-state index in [-0.39, 0.29) is 5.38 Å². The molecule has 16 heavy (non-hydrogen) atoms. The van der Waals surface area contributed by atoms with Gasteiger partial charge in [-0.3, -0.25) is 0 Å². The minimum absolute atomic E-state index is 0.249. The van der Waals surface area contributed by atoms with Crippen molar-refractivity contribution in [2.75, 3.05) is 11.9 Å². The first-order valence-corrected chi connectivity index (χ1v) is 5.98. The zero-order valence-electron chi connectivity index (χ0n) is 9.44. The second kappa shape index (κ2) is 5.01. The molecule has 0 saturated heterocycles. The molecule has 90 valence electrons. The molecule has 1 aromatic heterocycles. The molecule has 0 aliphatic heterocycles. The molecule has 1 saturated carbocycles. The molecule has 0 spiro atoms. The average molecular weight is 246 g/mol. The van der Waals surface area contributed by atoms with Crippen molar-refractivity contribution in [1.82, 2.24) is 10.2 Å². The lowest BCUT2D eigenvalue weighted by Crippen LogP contribution is -2.40. The van der Waals surface area contributed by atoms with Gasteiger partial charge < -0.3 is 14.5 Å². The van der Waals surface area contributed by atoms with Crippen molar-refractivity contribution in [3.63, 3.8) is 0 Å². The molecule has 1 fully saturated rings. The van der Waals surface area contributed by atoms with Crippen LogP contribution in [0.5, 0.6) is 0 Å². The van der Waals surface area contributed by atoms with E-state index in [0.29, 0.717) is 24.1 Å². The molecule has 0 amide bonds. The lowest BCUT2D eigenvalue weighted by atomic mass is 9.89. The van der Waals surface area contributed by atoms with Crippen LogP contribution in [0.3, 0.4) is 0 Å². The van der Waals surface area contributed by atoms with Gasteiger partial charge in [-0.05, 0) is 26.7 Å². The van der Waals surface area contributed by atoms with Crippen molar-refractivity contribution in [3.8, 4) is 0 Å². The summed E-state index contributed by atoms with van der Waals surface area (Å²) in [5.74, 6) is 0.449. The Labute approximate surface area is 99.5 Å². The first-order valence-electron chi connectivity index (χ1n) is 5.54. The lowest BCUT2D eigenvalue weighted by Gasteiger charge is -2.34. The van der Waals surface area contributed by atoms with Gasteiger partial charge in [-0.2, -0.15) is 0 Å². The Hall–Kier alpha value is -0.810. The molecule has 1 N–H and O–H groups in total. The summed E-state index contributed by atoms with van der Waals surface area (Å²) in [6.45, 7) is 4.58. The number of anilines is 1. The van der Waals surface area contributed by atoms with Crippen LogP contribution in [0.15, 0.2) is 4.42 Å². The van der Waals surface area contributed by atoms with E-state index in [1.165, 1.54) is 0 Å². The predicted octanol–water partition coefficient (Wildman–Crippen LogP) is 2.35. The fourth-order valence-corrected chi connectivity index (χ4v) is 1.77. The van der Waals surface area contributed by atoms with Gasteiger partial charge in [0.05, 0.1) is 6.10 Å². The summed E-state index contributed by atoms with van der Waals surface area (Å²) in [6.07, 6.45) is 2.35. The van der Waals surface area contributed by atoms with E-state index in [4.69, 9.17) is 20.8 Å². The molecule has 1 atom stereocenters. The van der Waals surface area contributed by atoms with Crippen LogP contribution in [0.4, 0.5) is 6.01 Å². The molecule has 0 aromatic carbocycles. The largest absolute Gasteiger partial charge is 0.406 e. The van der Waals surface area contributed by atoms with Gasteiger partial charge in [0.2, 0.25) is 5.89 Å². The standard InChI is InChI=1S/C10H16ClN3O2/c1-3-15-8-4-7(5-8)12-10-14-13-9(16-10)6(2)11/h6-8H,3-5H2,1-2H3,(H,12,14). The van der Waals surface area contributed by atoms with Crippen molar-refractivity contribution in [2.24, 2.45) is 0 Å². The summed E-state index contributed by atoms with van der Waals surface area (Å²) in [5, 5.41) is 10.6. The van der Waals surface area contributed by atoms with Crippen LogP contribution in [0, 0.1) is 0 Å². The van der Waals surface area contributed by atoms with E-state index >= 15 is 0 Å². The van der Waals surface area contributed by atoms with Gasteiger partial charge in [0.15, 0.2) is 0 Å². The van der Waals surface area contributed by atoms with Crippen LogP contribution >= 0.6 is 11.6 Å². The Balaban J connectivity index is 1.78. The van der Waals surface area contributed by atoms with Gasteiger partial charge in [0.25, 0.3) is 0 Å². The van der Waals surface area contributed by atoms with Crippen molar-refractivity contribution in [3.05, 3.63) is 5.89 Å². The van der Waals surface area contributed by atoms with E-state index in [9.17, 15) is 0 Å². The number of aromatic nitrogens is 2. The van der Waals surface area contributed by atoms with Gasteiger partial charge in [0.1, 0.15) is 5.38 Å². The fourth-order valence-electron chi connectivity index (χ4n) is 1.68. The van der Waals surface area contributed by atoms with Crippen LogP contribution in [0.2, 0.25) is 0 Å². The topological polar surface area (TPSA) is 60.2 Å². The summed E-state index contributed by atoms with van der Waals surface area (Å²) in [6, 6.07) is 0.818. The third-order valence-electron chi connectivity index (χ3n) is 2.61. The maximum Gasteiger partial charge on any atom is 0.315 e. The minimum atomic E-state index is -0.249. The third-order valence-corrected chi connectivity index (χ3v) is 2.79. The number of hydrogen-bond donors (Lipinski definition) is 1. The van der Waals surface area contributed by atoms with Crippen molar-refractivity contribution in [1.29, 1.82) is 0 Å². The summed E-state index contributed by atoms with van der Waals surface area (Å²) in [7, 11) is 0. The van der Waals surface area contributed by atoms with Gasteiger partial charge in [-0.15, -0.1) is 16.7 Å². The van der Waals surface area contributed by atoms with E-state index in [0.717, 1.165) is 19.4 Å². The highest BCUT2D eigenvalue weighted by Gasteiger charge is 2.30. The zero-order valence-corrected chi connectivity index (χ0v) is 10.2. The summed E-state index contributed by atoms with van der Waals surface area (Å²) < 4.78 is 10.8. The Bertz CT molecular complexity index is 337. The summed E-state index contributed by atoms with van der Waals surface area (Å²) >= 11 is 5.82. The van der Waals surface area contributed by atoms with Gasteiger partial charge in [0, 0.05) is 12.6 Å². The van der Waals surface area contributed by atoms with Crippen LogP contribution < -0.4 is 5.32 Å². The molecule has 1 aliphatic carbocycles. The number of alkyl halides is 1.